The van der Waals surface area contributed by atoms with E-state index in [9.17, 15) is 9.59 Å². The maximum absolute atomic E-state index is 12.4. The maximum Gasteiger partial charge on any atom is 0.227 e. The Morgan fingerprint density at radius 3 is 2.42 bits per heavy atom. The van der Waals surface area contributed by atoms with Crippen molar-refractivity contribution in [2.75, 3.05) is 18.4 Å². The largest absolute Gasteiger partial charge is 0.342 e. The summed E-state index contributed by atoms with van der Waals surface area (Å²) in [6.07, 6.45) is 1.30. The fourth-order valence-corrected chi connectivity index (χ4v) is 2.97. The molecule has 1 aromatic carbocycles. The number of hydrogen-bond donors (Lipinski definition) is 1. The van der Waals surface area contributed by atoms with Gasteiger partial charge in [-0.15, -0.1) is 0 Å². The van der Waals surface area contributed by atoms with Crippen LogP contribution >= 0.6 is 11.6 Å². The molecule has 0 bridgehead atoms. The van der Waals surface area contributed by atoms with Gasteiger partial charge in [-0.1, -0.05) is 32.4 Å². The first kappa shape index (κ1) is 18.3. The molecule has 2 rings (SSSR count). The molecule has 0 saturated carbocycles. The molecule has 2 amide bonds. The predicted molar refractivity (Wildman–Crippen MR) is 93.6 cm³/mol. The van der Waals surface area contributed by atoms with Crippen LogP contribution in [-0.2, 0) is 9.59 Å². The number of nitrogens with one attached hydrogen (secondary N) is 1. The van der Waals surface area contributed by atoms with E-state index in [4.69, 9.17) is 16.9 Å². The molecule has 1 N–H and O–H groups in total. The lowest BCUT2D eigenvalue weighted by molar-refractivity contribution is -0.142. The first-order valence-corrected chi connectivity index (χ1v) is 8.40. The quantitative estimate of drug-likeness (QED) is 0.890. The van der Waals surface area contributed by atoms with Crippen LogP contribution in [-0.4, -0.2) is 29.8 Å². The highest BCUT2D eigenvalue weighted by Gasteiger charge is 2.32. The molecule has 0 unspecified atom stereocenters. The van der Waals surface area contributed by atoms with E-state index in [-0.39, 0.29) is 17.7 Å². The summed E-state index contributed by atoms with van der Waals surface area (Å²) < 4.78 is 0. The van der Waals surface area contributed by atoms with Crippen molar-refractivity contribution in [3.63, 3.8) is 0 Å². The third-order valence-corrected chi connectivity index (χ3v) is 4.46. The molecule has 1 aliphatic heterocycles. The fraction of sp³-hybridized carbons (Fsp3) is 0.500. The van der Waals surface area contributed by atoms with Crippen LogP contribution < -0.4 is 5.32 Å². The normalized spacial score (nSPS) is 15.7. The van der Waals surface area contributed by atoms with E-state index in [1.165, 1.54) is 0 Å². The van der Waals surface area contributed by atoms with Crippen LogP contribution in [0.2, 0.25) is 5.02 Å². The molecule has 0 aliphatic carbocycles. The Kier molecular flexibility index (Phi) is 5.51. The minimum Gasteiger partial charge on any atom is -0.342 e. The van der Waals surface area contributed by atoms with Crippen LogP contribution in [0.3, 0.4) is 0 Å². The number of likely N-dealkylation sites (tertiary alicyclic amines) is 1. The van der Waals surface area contributed by atoms with Gasteiger partial charge in [0.25, 0.3) is 0 Å². The Morgan fingerprint density at radius 2 is 1.92 bits per heavy atom. The van der Waals surface area contributed by atoms with Gasteiger partial charge in [-0.25, -0.2) is 0 Å². The summed E-state index contributed by atoms with van der Waals surface area (Å²) in [5.74, 6) is -0.0673. The summed E-state index contributed by atoms with van der Waals surface area (Å²) in [6.45, 7) is 6.92. The molecular weight excluding hydrogens is 326 g/mol. The number of hydrogen-bond acceptors (Lipinski definition) is 3. The SMILES string of the molecule is CC(C)(C)C(=O)N1CCC(C(=O)Nc2ccc(C#N)c(Cl)c2)CC1. The number of amides is 2. The molecule has 128 valence electrons. The molecule has 1 fully saturated rings. The third kappa shape index (κ3) is 4.27. The van der Waals surface area contributed by atoms with Crippen LogP contribution in [0.5, 0.6) is 0 Å². The first-order valence-electron chi connectivity index (χ1n) is 8.02. The molecule has 0 atom stereocenters. The van der Waals surface area contributed by atoms with Crippen LogP contribution in [0, 0.1) is 22.7 Å². The maximum atomic E-state index is 12.4. The van der Waals surface area contributed by atoms with Crippen LogP contribution in [0.4, 0.5) is 5.69 Å². The van der Waals surface area contributed by atoms with Gasteiger partial charge in [0.2, 0.25) is 11.8 Å². The molecule has 1 aliphatic rings. The Labute approximate surface area is 147 Å². The summed E-state index contributed by atoms with van der Waals surface area (Å²) >= 11 is 5.98. The van der Waals surface area contributed by atoms with Crippen molar-refractivity contribution >= 4 is 29.1 Å². The van der Waals surface area contributed by atoms with Crippen LogP contribution in [0.1, 0.15) is 39.2 Å². The first-order chi connectivity index (χ1) is 11.2. The molecule has 24 heavy (non-hydrogen) atoms. The Balaban J connectivity index is 1.93. The summed E-state index contributed by atoms with van der Waals surface area (Å²) in [7, 11) is 0. The van der Waals surface area contributed by atoms with Gasteiger partial charge >= 0.3 is 0 Å². The lowest BCUT2D eigenvalue weighted by Crippen LogP contribution is -2.45. The Hall–Kier alpha value is -2.06. The van der Waals surface area contributed by atoms with E-state index >= 15 is 0 Å². The van der Waals surface area contributed by atoms with Crippen LogP contribution in [0.15, 0.2) is 18.2 Å². The van der Waals surface area contributed by atoms with Crippen molar-refractivity contribution in [3.8, 4) is 6.07 Å². The molecule has 0 aromatic heterocycles. The molecule has 1 heterocycles. The van der Waals surface area contributed by atoms with Gasteiger partial charge in [-0.05, 0) is 31.0 Å². The van der Waals surface area contributed by atoms with Crippen molar-refractivity contribution in [2.45, 2.75) is 33.6 Å². The van der Waals surface area contributed by atoms with E-state index in [0.29, 0.717) is 42.2 Å². The smallest absolute Gasteiger partial charge is 0.227 e. The lowest BCUT2D eigenvalue weighted by atomic mass is 9.90. The Morgan fingerprint density at radius 1 is 1.29 bits per heavy atom. The summed E-state index contributed by atoms with van der Waals surface area (Å²) in [5.41, 5.74) is 0.565. The number of nitrogens with zero attached hydrogens (tertiary/aromatic N) is 2. The number of nitriles is 1. The van der Waals surface area contributed by atoms with Gasteiger partial charge in [0.1, 0.15) is 6.07 Å². The average molecular weight is 348 g/mol. The number of benzene rings is 1. The predicted octanol–water partition coefficient (Wildman–Crippen LogP) is 3.43. The van der Waals surface area contributed by atoms with E-state index in [1.54, 1.807) is 18.2 Å². The van der Waals surface area contributed by atoms with Gasteiger partial charge in [-0.2, -0.15) is 5.26 Å². The number of halogens is 1. The van der Waals surface area contributed by atoms with Crippen molar-refractivity contribution in [3.05, 3.63) is 28.8 Å². The van der Waals surface area contributed by atoms with Gasteiger partial charge in [0.15, 0.2) is 0 Å². The second-order valence-electron chi connectivity index (χ2n) is 7.11. The monoisotopic (exact) mass is 347 g/mol. The molecule has 0 spiro atoms. The number of rotatable bonds is 2. The summed E-state index contributed by atoms with van der Waals surface area (Å²) in [5, 5.41) is 12.0. The number of piperidine rings is 1. The van der Waals surface area contributed by atoms with Gasteiger partial charge in [-0.3, -0.25) is 9.59 Å². The van der Waals surface area contributed by atoms with Gasteiger partial charge in [0, 0.05) is 30.1 Å². The standard InChI is InChI=1S/C18H22ClN3O2/c1-18(2,3)17(24)22-8-6-12(7-9-22)16(23)21-14-5-4-13(11-20)15(19)10-14/h4-5,10,12H,6-9H2,1-3H3,(H,21,23). The van der Waals surface area contributed by atoms with Crippen molar-refractivity contribution in [2.24, 2.45) is 11.3 Å². The molecule has 5 nitrogen and oxygen atoms in total. The molecular formula is C18H22ClN3O2. The van der Waals surface area contributed by atoms with Crippen molar-refractivity contribution in [1.29, 1.82) is 5.26 Å². The van der Waals surface area contributed by atoms with Crippen LogP contribution in [0.25, 0.3) is 0 Å². The average Bonchev–Trinajstić information content (AvgIpc) is 2.53. The second kappa shape index (κ2) is 7.23. The number of carbonyl (C=O) groups excluding carboxylic acids is 2. The number of carbonyl (C=O) groups is 2. The molecule has 1 aromatic rings. The summed E-state index contributed by atoms with van der Waals surface area (Å²) in [4.78, 5) is 26.5. The lowest BCUT2D eigenvalue weighted by Gasteiger charge is -2.35. The van der Waals surface area contributed by atoms with E-state index < -0.39 is 5.41 Å². The highest BCUT2D eigenvalue weighted by Crippen LogP contribution is 2.25. The van der Waals surface area contributed by atoms with Crippen molar-refractivity contribution in [1.82, 2.24) is 4.90 Å². The molecule has 0 radical (unpaired) electrons. The zero-order chi connectivity index (χ0) is 17.9. The van der Waals surface area contributed by atoms with Gasteiger partial charge < -0.3 is 10.2 Å². The highest BCUT2D eigenvalue weighted by molar-refractivity contribution is 6.32. The second-order valence-corrected chi connectivity index (χ2v) is 7.52. The zero-order valence-corrected chi connectivity index (χ0v) is 15.0. The molecule has 6 heteroatoms. The van der Waals surface area contributed by atoms with Crippen molar-refractivity contribution < 1.29 is 9.59 Å². The van der Waals surface area contributed by atoms with Gasteiger partial charge in [0.05, 0.1) is 10.6 Å². The topological polar surface area (TPSA) is 73.2 Å². The minimum absolute atomic E-state index is 0.0707. The zero-order valence-electron chi connectivity index (χ0n) is 14.2. The highest BCUT2D eigenvalue weighted by atomic mass is 35.5. The van der Waals surface area contributed by atoms with E-state index in [0.717, 1.165) is 0 Å². The van der Waals surface area contributed by atoms with E-state index in [2.05, 4.69) is 5.32 Å². The molecule has 1 saturated heterocycles. The minimum atomic E-state index is -0.395. The fourth-order valence-electron chi connectivity index (χ4n) is 2.75. The van der Waals surface area contributed by atoms with E-state index in [1.807, 2.05) is 31.7 Å². The Bertz CT molecular complexity index is 680. The number of anilines is 1. The third-order valence-electron chi connectivity index (χ3n) is 4.15. The summed E-state index contributed by atoms with van der Waals surface area (Å²) in [6, 6.07) is 6.82.